The third-order valence-electron chi connectivity index (χ3n) is 7.42. The molecule has 0 unspecified atom stereocenters. The topological polar surface area (TPSA) is 98.7 Å². The summed E-state index contributed by atoms with van der Waals surface area (Å²) in [6, 6.07) is -0.818. The Morgan fingerprint density at radius 3 is 1.15 bits per heavy atom. The lowest BCUT2D eigenvalue weighted by Gasteiger charge is -2.41. The van der Waals surface area contributed by atoms with Gasteiger partial charge in [0.15, 0.2) is 0 Å². The number of hydrogen-bond donors (Lipinski definition) is 4. The van der Waals surface area contributed by atoms with Gasteiger partial charge in [0.05, 0.1) is 23.3 Å². The molecule has 0 bridgehead atoms. The first-order valence-corrected chi connectivity index (χ1v) is 13.4. The monoisotopic (exact) mass is 468 g/mol. The van der Waals surface area contributed by atoms with E-state index in [1.165, 1.54) is 0 Å². The first-order valence-electron chi connectivity index (χ1n) is 13.4. The molecule has 0 aliphatic heterocycles. The second-order valence-electron chi connectivity index (χ2n) is 11.2. The Bertz CT molecular complexity index is 566. The predicted molar refractivity (Wildman–Crippen MR) is 135 cm³/mol. The number of carbonyl (C=O) groups excluding carboxylic acids is 2. The van der Waals surface area contributed by atoms with Crippen LogP contribution in [0, 0.1) is 17.3 Å². The number of aliphatic hydroxyl groups is 2. The van der Waals surface area contributed by atoms with Crippen LogP contribution in [0.3, 0.4) is 0 Å². The lowest BCUT2D eigenvalue weighted by Crippen LogP contribution is -2.60. The van der Waals surface area contributed by atoms with Gasteiger partial charge in [-0.15, -0.1) is 0 Å². The van der Waals surface area contributed by atoms with Crippen LogP contribution in [-0.4, -0.2) is 45.3 Å². The van der Waals surface area contributed by atoms with Gasteiger partial charge >= 0.3 is 0 Å². The molecular formula is C27H52N2O4. The SMILES string of the molecule is CCCC(O)(CCC)[C@H](NC(=O)C1(C(=O)N[C@H](C(C)C)C(O)(CCC)CCC)CC1)C(C)C. The van der Waals surface area contributed by atoms with Gasteiger partial charge in [0.25, 0.3) is 0 Å². The number of nitrogens with one attached hydrogen (secondary N) is 2. The summed E-state index contributed by atoms with van der Waals surface area (Å²) in [6.45, 7) is 16.2. The van der Waals surface area contributed by atoms with Gasteiger partial charge in [0.2, 0.25) is 11.8 Å². The Morgan fingerprint density at radius 1 is 0.697 bits per heavy atom. The zero-order chi connectivity index (χ0) is 25.4. The smallest absolute Gasteiger partial charge is 0.236 e. The molecule has 2 atom stereocenters. The summed E-state index contributed by atoms with van der Waals surface area (Å²) in [4.78, 5) is 26.9. The summed E-state index contributed by atoms with van der Waals surface area (Å²) < 4.78 is 0. The fourth-order valence-corrected chi connectivity index (χ4v) is 5.69. The van der Waals surface area contributed by atoms with Crippen LogP contribution in [0.4, 0.5) is 0 Å². The van der Waals surface area contributed by atoms with Crippen molar-refractivity contribution in [1.29, 1.82) is 0 Å². The predicted octanol–water partition coefficient (Wildman–Crippen LogP) is 4.71. The van der Waals surface area contributed by atoms with Crippen molar-refractivity contribution in [2.75, 3.05) is 0 Å². The molecule has 0 radical (unpaired) electrons. The van der Waals surface area contributed by atoms with Crippen molar-refractivity contribution in [1.82, 2.24) is 10.6 Å². The number of amides is 2. The van der Waals surface area contributed by atoms with E-state index in [0.29, 0.717) is 38.5 Å². The molecule has 1 fully saturated rings. The molecular weight excluding hydrogens is 416 g/mol. The molecule has 1 aliphatic rings. The third kappa shape index (κ3) is 7.17. The van der Waals surface area contributed by atoms with Crippen molar-refractivity contribution in [3.05, 3.63) is 0 Å². The van der Waals surface area contributed by atoms with Crippen molar-refractivity contribution in [2.24, 2.45) is 17.3 Å². The van der Waals surface area contributed by atoms with E-state index in [2.05, 4.69) is 10.6 Å². The Kier molecular flexibility index (Phi) is 11.4. The van der Waals surface area contributed by atoms with Crippen molar-refractivity contribution in [3.63, 3.8) is 0 Å². The molecule has 6 nitrogen and oxygen atoms in total. The van der Waals surface area contributed by atoms with Crippen LogP contribution in [0.15, 0.2) is 0 Å². The molecule has 4 N–H and O–H groups in total. The second kappa shape index (κ2) is 12.5. The van der Waals surface area contributed by atoms with Gasteiger partial charge in [-0.1, -0.05) is 81.1 Å². The number of carbonyl (C=O) groups is 2. The van der Waals surface area contributed by atoms with Crippen molar-refractivity contribution in [3.8, 4) is 0 Å². The average Bonchev–Trinajstić information content (AvgIpc) is 3.52. The highest BCUT2D eigenvalue weighted by molar-refractivity contribution is 6.08. The van der Waals surface area contributed by atoms with Crippen molar-refractivity contribution >= 4 is 11.8 Å². The van der Waals surface area contributed by atoms with Crippen molar-refractivity contribution in [2.45, 2.75) is 143 Å². The molecule has 0 aromatic rings. The zero-order valence-electron chi connectivity index (χ0n) is 22.6. The van der Waals surface area contributed by atoms with Crippen LogP contribution in [0.1, 0.15) is 120 Å². The summed E-state index contributed by atoms with van der Waals surface area (Å²) in [7, 11) is 0. The Balaban J connectivity index is 3.10. The Morgan fingerprint density at radius 2 is 0.970 bits per heavy atom. The van der Waals surface area contributed by atoms with E-state index in [0.717, 1.165) is 25.7 Å². The molecule has 2 amide bonds. The maximum atomic E-state index is 13.4. The molecule has 1 aliphatic carbocycles. The third-order valence-corrected chi connectivity index (χ3v) is 7.42. The van der Waals surface area contributed by atoms with Gasteiger partial charge < -0.3 is 20.8 Å². The molecule has 1 rings (SSSR count). The zero-order valence-corrected chi connectivity index (χ0v) is 22.6. The van der Waals surface area contributed by atoms with Gasteiger partial charge in [-0.25, -0.2) is 0 Å². The maximum Gasteiger partial charge on any atom is 0.236 e. The van der Waals surface area contributed by atoms with Gasteiger partial charge in [-0.3, -0.25) is 9.59 Å². The van der Waals surface area contributed by atoms with Gasteiger partial charge in [-0.2, -0.15) is 0 Å². The van der Waals surface area contributed by atoms with Crippen LogP contribution < -0.4 is 10.6 Å². The molecule has 0 aromatic heterocycles. The highest BCUT2D eigenvalue weighted by atomic mass is 16.3. The van der Waals surface area contributed by atoms with E-state index >= 15 is 0 Å². The quantitative estimate of drug-likeness (QED) is 0.247. The molecule has 194 valence electrons. The largest absolute Gasteiger partial charge is 0.388 e. The van der Waals surface area contributed by atoms with E-state index in [1.807, 2.05) is 55.4 Å². The van der Waals surface area contributed by atoms with Crippen molar-refractivity contribution < 1.29 is 19.8 Å². The van der Waals surface area contributed by atoms with E-state index in [9.17, 15) is 19.8 Å². The molecule has 0 aromatic carbocycles. The Hall–Kier alpha value is -1.14. The minimum atomic E-state index is -1.10. The van der Waals surface area contributed by atoms with E-state index in [4.69, 9.17) is 0 Å². The fourth-order valence-electron chi connectivity index (χ4n) is 5.69. The minimum Gasteiger partial charge on any atom is -0.388 e. The summed E-state index contributed by atoms with van der Waals surface area (Å²) >= 11 is 0. The summed E-state index contributed by atoms with van der Waals surface area (Å²) in [6.07, 6.45) is 6.74. The van der Waals surface area contributed by atoms with Gasteiger partial charge in [-0.05, 0) is 50.4 Å². The van der Waals surface area contributed by atoms with Gasteiger partial charge in [0, 0.05) is 0 Å². The Labute approximate surface area is 202 Å². The lowest BCUT2D eigenvalue weighted by molar-refractivity contribution is -0.142. The second-order valence-corrected chi connectivity index (χ2v) is 11.2. The molecule has 0 saturated heterocycles. The lowest BCUT2D eigenvalue weighted by atomic mass is 9.78. The van der Waals surface area contributed by atoms with E-state index < -0.39 is 28.7 Å². The van der Waals surface area contributed by atoms with E-state index in [-0.39, 0.29) is 23.7 Å². The highest BCUT2D eigenvalue weighted by Crippen LogP contribution is 2.47. The first-order chi connectivity index (χ1) is 15.4. The van der Waals surface area contributed by atoms with Crippen LogP contribution >= 0.6 is 0 Å². The normalized spacial score (nSPS) is 17.7. The minimum absolute atomic E-state index is 0.0403. The van der Waals surface area contributed by atoms with Crippen LogP contribution in [0.2, 0.25) is 0 Å². The fraction of sp³-hybridized carbons (Fsp3) is 0.926. The summed E-state index contributed by atoms with van der Waals surface area (Å²) in [5, 5.41) is 29.0. The van der Waals surface area contributed by atoms with Crippen LogP contribution in [-0.2, 0) is 9.59 Å². The van der Waals surface area contributed by atoms with Gasteiger partial charge in [0.1, 0.15) is 5.41 Å². The number of hydrogen-bond acceptors (Lipinski definition) is 4. The first kappa shape index (κ1) is 29.9. The van der Waals surface area contributed by atoms with E-state index in [1.54, 1.807) is 0 Å². The standard InChI is InChI=1S/C27H52N2O4/c1-9-13-26(32,14-10-2)21(19(5)6)28-23(30)25(17-18-25)24(31)29-22(20(7)8)27(33,15-11-3)16-12-4/h19-22,32-33H,9-18H2,1-8H3,(H,28,30)(H,29,31)/t21-,22-/m1/s1. The molecule has 1 saturated carbocycles. The molecule has 0 spiro atoms. The number of rotatable bonds is 16. The maximum absolute atomic E-state index is 13.4. The van der Waals surface area contributed by atoms with Crippen LogP contribution in [0.25, 0.3) is 0 Å². The summed E-state index contributed by atoms with van der Waals surface area (Å²) in [5.41, 5.74) is -3.06. The highest BCUT2D eigenvalue weighted by Gasteiger charge is 2.58. The molecule has 0 heterocycles. The van der Waals surface area contributed by atoms with Crippen LogP contribution in [0.5, 0.6) is 0 Å². The average molecular weight is 469 g/mol. The molecule has 6 heteroatoms. The molecule has 33 heavy (non-hydrogen) atoms. The summed E-state index contributed by atoms with van der Waals surface area (Å²) in [5.74, 6) is -0.500.